The van der Waals surface area contributed by atoms with E-state index in [2.05, 4.69) is 35.7 Å². The zero-order chi connectivity index (χ0) is 15.2. The van der Waals surface area contributed by atoms with Gasteiger partial charge in [0.25, 0.3) is 0 Å². The summed E-state index contributed by atoms with van der Waals surface area (Å²) in [7, 11) is 0. The minimum Gasteiger partial charge on any atom is -0.337 e. The van der Waals surface area contributed by atoms with Crippen LogP contribution in [-0.4, -0.2) is 30.4 Å². The number of hydrogen-bond donors (Lipinski definition) is 1. The third-order valence-electron chi connectivity index (χ3n) is 4.77. The molecule has 1 aromatic carbocycles. The molecule has 22 heavy (non-hydrogen) atoms. The second kappa shape index (κ2) is 7.59. The van der Waals surface area contributed by atoms with Gasteiger partial charge in [0.05, 0.1) is 6.54 Å². The van der Waals surface area contributed by atoms with E-state index in [-0.39, 0.29) is 5.91 Å². The van der Waals surface area contributed by atoms with Gasteiger partial charge in [-0.2, -0.15) is 0 Å². The summed E-state index contributed by atoms with van der Waals surface area (Å²) < 4.78 is 0. The van der Waals surface area contributed by atoms with E-state index in [0.29, 0.717) is 6.54 Å². The molecule has 3 heteroatoms. The molecule has 1 heterocycles. The van der Waals surface area contributed by atoms with Gasteiger partial charge in [0.1, 0.15) is 0 Å². The van der Waals surface area contributed by atoms with E-state index >= 15 is 0 Å². The van der Waals surface area contributed by atoms with Crippen LogP contribution in [0.4, 0.5) is 0 Å². The highest BCUT2D eigenvalue weighted by molar-refractivity contribution is 5.78. The van der Waals surface area contributed by atoms with Gasteiger partial charge in [-0.15, -0.1) is 0 Å². The van der Waals surface area contributed by atoms with E-state index in [1.807, 2.05) is 4.90 Å². The molecule has 0 saturated carbocycles. The Bertz CT molecular complexity index is 550. The lowest BCUT2D eigenvalue weighted by atomic mass is 9.97. The number of rotatable bonds is 5. The zero-order valence-corrected chi connectivity index (χ0v) is 13.3. The molecule has 1 N–H and O–H groups in total. The lowest BCUT2D eigenvalue weighted by molar-refractivity contribution is -0.131. The number of carbonyl (C=O) groups is 1. The number of nitrogens with zero attached hydrogens (tertiary/aromatic N) is 1. The van der Waals surface area contributed by atoms with Gasteiger partial charge in [0.15, 0.2) is 0 Å². The maximum Gasteiger partial charge on any atom is 0.236 e. The average Bonchev–Trinajstić information content (AvgIpc) is 2.59. The van der Waals surface area contributed by atoms with Crippen LogP contribution < -0.4 is 5.32 Å². The first-order valence-electron chi connectivity index (χ1n) is 8.56. The van der Waals surface area contributed by atoms with Crippen molar-refractivity contribution >= 4 is 5.91 Å². The van der Waals surface area contributed by atoms with Crippen LogP contribution in [0.2, 0.25) is 0 Å². The molecule has 1 aromatic rings. The van der Waals surface area contributed by atoms with Crippen LogP contribution in [0.25, 0.3) is 0 Å². The third-order valence-corrected chi connectivity index (χ3v) is 4.77. The monoisotopic (exact) mass is 298 g/mol. The van der Waals surface area contributed by atoms with Gasteiger partial charge in [-0.25, -0.2) is 0 Å². The average molecular weight is 298 g/mol. The minimum atomic E-state index is 0.229. The van der Waals surface area contributed by atoms with Gasteiger partial charge in [-0.05, 0) is 56.2 Å². The van der Waals surface area contributed by atoms with E-state index < -0.39 is 0 Å². The fraction of sp³-hybridized carbons (Fsp3) is 0.526. The summed E-state index contributed by atoms with van der Waals surface area (Å²) in [4.78, 5) is 14.3. The molecule has 0 bridgehead atoms. The molecule has 0 fully saturated rings. The van der Waals surface area contributed by atoms with Gasteiger partial charge >= 0.3 is 0 Å². The molecular formula is C19H26N2O. The van der Waals surface area contributed by atoms with Crippen molar-refractivity contribution in [1.82, 2.24) is 10.2 Å². The van der Waals surface area contributed by atoms with Crippen molar-refractivity contribution in [2.75, 3.05) is 19.6 Å². The SMILES string of the molecule is O=C(CNCCC1=CCCCC1)N1CCc2ccccc2C1. The van der Waals surface area contributed by atoms with Gasteiger partial charge in [-0.3, -0.25) is 4.79 Å². The quantitative estimate of drug-likeness (QED) is 0.669. The molecule has 0 unspecified atom stereocenters. The summed E-state index contributed by atoms with van der Waals surface area (Å²) in [5.41, 5.74) is 4.26. The summed E-state index contributed by atoms with van der Waals surface area (Å²) in [6.45, 7) is 3.00. The maximum absolute atomic E-state index is 12.3. The molecule has 0 atom stereocenters. The molecule has 3 nitrogen and oxygen atoms in total. The molecule has 0 aromatic heterocycles. The smallest absolute Gasteiger partial charge is 0.236 e. The fourth-order valence-corrected chi connectivity index (χ4v) is 3.40. The van der Waals surface area contributed by atoms with Gasteiger partial charge in [-0.1, -0.05) is 35.9 Å². The number of fused-ring (bicyclic) bond motifs is 1. The highest BCUT2D eigenvalue weighted by Crippen LogP contribution is 2.20. The van der Waals surface area contributed by atoms with E-state index in [4.69, 9.17) is 0 Å². The van der Waals surface area contributed by atoms with E-state index in [1.54, 1.807) is 5.57 Å². The highest BCUT2D eigenvalue weighted by Gasteiger charge is 2.19. The number of carbonyl (C=O) groups excluding carboxylic acids is 1. The Labute approximate surface area is 133 Å². The second-order valence-electron chi connectivity index (χ2n) is 6.37. The van der Waals surface area contributed by atoms with Crippen molar-refractivity contribution in [3.63, 3.8) is 0 Å². The highest BCUT2D eigenvalue weighted by atomic mass is 16.2. The lowest BCUT2D eigenvalue weighted by Gasteiger charge is -2.29. The molecule has 3 rings (SSSR count). The first kappa shape index (κ1) is 15.3. The van der Waals surface area contributed by atoms with Crippen LogP contribution in [-0.2, 0) is 17.8 Å². The van der Waals surface area contributed by atoms with Crippen molar-refractivity contribution in [2.24, 2.45) is 0 Å². The fourth-order valence-electron chi connectivity index (χ4n) is 3.40. The Morgan fingerprint density at radius 2 is 2.00 bits per heavy atom. The third kappa shape index (κ3) is 3.98. The van der Waals surface area contributed by atoms with Crippen LogP contribution >= 0.6 is 0 Å². The van der Waals surface area contributed by atoms with Gasteiger partial charge < -0.3 is 10.2 Å². The summed E-state index contributed by atoms with van der Waals surface area (Å²) in [5.74, 6) is 0.229. The molecule has 1 aliphatic heterocycles. The second-order valence-corrected chi connectivity index (χ2v) is 6.37. The number of benzene rings is 1. The normalized spacial score (nSPS) is 17.8. The molecule has 0 saturated heterocycles. The van der Waals surface area contributed by atoms with Crippen LogP contribution in [0.5, 0.6) is 0 Å². The van der Waals surface area contributed by atoms with Crippen molar-refractivity contribution in [1.29, 1.82) is 0 Å². The summed E-state index contributed by atoms with van der Waals surface area (Å²) in [6.07, 6.45) is 9.61. The Balaban J connectivity index is 1.40. The molecule has 0 spiro atoms. The van der Waals surface area contributed by atoms with Crippen LogP contribution in [0.1, 0.15) is 43.2 Å². The van der Waals surface area contributed by atoms with Gasteiger partial charge in [0, 0.05) is 13.1 Å². The standard InChI is InChI=1S/C19H26N2O/c22-19(14-20-12-10-16-6-2-1-3-7-16)21-13-11-17-8-4-5-9-18(17)15-21/h4-6,8-9,20H,1-3,7,10-15H2. The first-order chi connectivity index (χ1) is 10.8. The van der Waals surface area contributed by atoms with E-state index in [0.717, 1.165) is 32.5 Å². The molecule has 1 amide bonds. The number of amides is 1. The first-order valence-corrected chi connectivity index (χ1v) is 8.56. The van der Waals surface area contributed by atoms with Crippen molar-refractivity contribution in [3.8, 4) is 0 Å². The van der Waals surface area contributed by atoms with Crippen molar-refractivity contribution in [2.45, 2.75) is 45.1 Å². The van der Waals surface area contributed by atoms with E-state index in [9.17, 15) is 4.79 Å². The molecule has 118 valence electrons. The largest absolute Gasteiger partial charge is 0.337 e. The van der Waals surface area contributed by atoms with Crippen LogP contribution in [0, 0.1) is 0 Å². The summed E-state index contributed by atoms with van der Waals surface area (Å²) in [5, 5.41) is 3.32. The molecule has 1 aliphatic carbocycles. The number of hydrogen-bond acceptors (Lipinski definition) is 2. The van der Waals surface area contributed by atoms with Crippen LogP contribution in [0.3, 0.4) is 0 Å². The molecular weight excluding hydrogens is 272 g/mol. The number of nitrogens with one attached hydrogen (secondary N) is 1. The van der Waals surface area contributed by atoms with Crippen molar-refractivity contribution < 1.29 is 4.79 Å². The van der Waals surface area contributed by atoms with E-state index in [1.165, 1.54) is 36.8 Å². The zero-order valence-electron chi connectivity index (χ0n) is 13.3. The summed E-state index contributed by atoms with van der Waals surface area (Å²) >= 11 is 0. The maximum atomic E-state index is 12.3. The molecule has 0 radical (unpaired) electrons. The molecule has 2 aliphatic rings. The Morgan fingerprint density at radius 1 is 1.14 bits per heavy atom. The minimum absolute atomic E-state index is 0.229. The lowest BCUT2D eigenvalue weighted by Crippen LogP contribution is -2.41. The number of allylic oxidation sites excluding steroid dienone is 1. The predicted octanol–water partition coefficient (Wildman–Crippen LogP) is 3.05. The van der Waals surface area contributed by atoms with Crippen LogP contribution in [0.15, 0.2) is 35.9 Å². The van der Waals surface area contributed by atoms with Crippen molar-refractivity contribution in [3.05, 3.63) is 47.0 Å². The topological polar surface area (TPSA) is 32.3 Å². The van der Waals surface area contributed by atoms with Gasteiger partial charge in [0.2, 0.25) is 5.91 Å². The summed E-state index contributed by atoms with van der Waals surface area (Å²) in [6, 6.07) is 8.45. The Morgan fingerprint density at radius 3 is 2.82 bits per heavy atom. The Kier molecular flexibility index (Phi) is 5.28. The Hall–Kier alpha value is -1.61. The predicted molar refractivity (Wildman–Crippen MR) is 89.6 cm³/mol.